The molecule has 1 aromatic rings. The second-order valence-electron chi connectivity index (χ2n) is 4.71. The molecular formula is C16H19BrN2O2S. The zero-order valence-corrected chi connectivity index (χ0v) is 15.3. The van der Waals surface area contributed by atoms with E-state index in [2.05, 4.69) is 28.2 Å². The highest BCUT2D eigenvalue weighted by Crippen LogP contribution is 2.33. The topological polar surface area (TPSA) is 50.7 Å². The Morgan fingerprint density at radius 3 is 2.86 bits per heavy atom. The van der Waals surface area contributed by atoms with Gasteiger partial charge in [-0.1, -0.05) is 46.7 Å². The van der Waals surface area contributed by atoms with Crippen LogP contribution in [0.25, 0.3) is 0 Å². The Kier molecular flexibility index (Phi) is 6.08. The van der Waals surface area contributed by atoms with Gasteiger partial charge in [0.2, 0.25) is 0 Å². The minimum absolute atomic E-state index is 0.318. The van der Waals surface area contributed by atoms with E-state index in [9.17, 15) is 4.79 Å². The van der Waals surface area contributed by atoms with Gasteiger partial charge in [0.25, 0.3) is 0 Å². The first kappa shape index (κ1) is 17.1. The summed E-state index contributed by atoms with van der Waals surface area (Å²) in [6.45, 7) is 6.12. The molecule has 1 N–H and O–H groups in total. The fraction of sp³-hybridized carbons (Fsp3) is 0.375. The Morgan fingerprint density at radius 1 is 1.45 bits per heavy atom. The van der Waals surface area contributed by atoms with Crippen molar-refractivity contribution in [3.05, 3.63) is 45.6 Å². The number of carbonyl (C=O) groups is 1. The fourth-order valence-corrected chi connectivity index (χ4v) is 3.34. The summed E-state index contributed by atoms with van der Waals surface area (Å²) < 4.78 is 6.17. The lowest BCUT2D eigenvalue weighted by molar-refractivity contribution is -0.138. The van der Waals surface area contributed by atoms with Gasteiger partial charge in [-0.25, -0.2) is 9.79 Å². The first-order valence-electron chi connectivity index (χ1n) is 7.17. The number of benzene rings is 1. The molecule has 0 amide bonds. The van der Waals surface area contributed by atoms with Crippen molar-refractivity contribution < 1.29 is 9.53 Å². The van der Waals surface area contributed by atoms with Crippen molar-refractivity contribution in [1.29, 1.82) is 0 Å². The zero-order chi connectivity index (χ0) is 16.1. The summed E-state index contributed by atoms with van der Waals surface area (Å²) in [7, 11) is 0. The summed E-state index contributed by atoms with van der Waals surface area (Å²) in [5.41, 5.74) is 2.34. The summed E-state index contributed by atoms with van der Waals surface area (Å²) >= 11 is 5.10. The fourth-order valence-electron chi connectivity index (χ4n) is 2.25. The van der Waals surface area contributed by atoms with E-state index < -0.39 is 0 Å². The molecule has 0 saturated carbocycles. The van der Waals surface area contributed by atoms with E-state index >= 15 is 0 Å². The highest BCUT2D eigenvalue weighted by molar-refractivity contribution is 9.10. The number of halogens is 1. The van der Waals surface area contributed by atoms with Crippen LogP contribution in [0, 0.1) is 0 Å². The Balaban J connectivity index is 2.45. The standard InChI is InChI=1S/C16H19BrN2O2S/c1-4-21-15(20)13-10(3)18-16(22-5-2)19-14(13)11-7-6-8-12(17)9-11/h6-9,14H,4-5H2,1-3H3,(H,18,19)/t14-/m0/s1. The summed E-state index contributed by atoms with van der Waals surface area (Å²) in [6, 6.07) is 7.52. The Bertz CT molecular complexity index is 628. The minimum atomic E-state index is -0.341. The first-order chi connectivity index (χ1) is 10.6. The number of aliphatic imine (C=N–C) groups is 1. The maximum atomic E-state index is 12.3. The molecule has 1 atom stereocenters. The highest BCUT2D eigenvalue weighted by atomic mass is 79.9. The molecule has 6 heteroatoms. The SMILES string of the molecule is CCOC(=O)C1=C(C)NC(SCC)=N[C@H]1c1cccc(Br)c1. The zero-order valence-electron chi connectivity index (χ0n) is 12.9. The van der Waals surface area contributed by atoms with Crippen LogP contribution in [0.3, 0.4) is 0 Å². The number of carbonyl (C=O) groups excluding carboxylic acids is 1. The summed E-state index contributed by atoms with van der Waals surface area (Å²) in [5.74, 6) is 0.598. The van der Waals surface area contributed by atoms with Gasteiger partial charge in [0.1, 0.15) is 6.04 Å². The van der Waals surface area contributed by atoms with Crippen LogP contribution < -0.4 is 5.32 Å². The van der Waals surface area contributed by atoms with Crippen LogP contribution in [0.2, 0.25) is 0 Å². The van der Waals surface area contributed by atoms with Crippen molar-refractivity contribution in [2.45, 2.75) is 26.8 Å². The van der Waals surface area contributed by atoms with Crippen molar-refractivity contribution in [3.8, 4) is 0 Å². The number of amidine groups is 1. The molecule has 4 nitrogen and oxygen atoms in total. The maximum absolute atomic E-state index is 12.3. The van der Waals surface area contributed by atoms with E-state index in [1.54, 1.807) is 18.7 Å². The van der Waals surface area contributed by atoms with Gasteiger partial charge in [-0.05, 0) is 37.3 Å². The van der Waals surface area contributed by atoms with Crippen molar-refractivity contribution in [2.75, 3.05) is 12.4 Å². The molecule has 22 heavy (non-hydrogen) atoms. The molecule has 2 rings (SSSR count). The van der Waals surface area contributed by atoms with Gasteiger partial charge in [-0.15, -0.1) is 0 Å². The van der Waals surface area contributed by atoms with E-state index in [4.69, 9.17) is 9.73 Å². The van der Waals surface area contributed by atoms with Gasteiger partial charge in [-0.2, -0.15) is 0 Å². The number of hydrogen-bond donors (Lipinski definition) is 1. The molecule has 0 aliphatic carbocycles. The molecule has 1 aromatic carbocycles. The van der Waals surface area contributed by atoms with Crippen molar-refractivity contribution in [2.24, 2.45) is 4.99 Å². The van der Waals surface area contributed by atoms with Gasteiger partial charge < -0.3 is 10.1 Å². The summed E-state index contributed by atoms with van der Waals surface area (Å²) in [6.07, 6.45) is 0. The van der Waals surface area contributed by atoms with Crippen molar-refractivity contribution >= 4 is 38.8 Å². The third-order valence-electron chi connectivity index (χ3n) is 3.16. The van der Waals surface area contributed by atoms with Gasteiger partial charge in [0.15, 0.2) is 5.17 Å². The van der Waals surface area contributed by atoms with Crippen LogP contribution in [0.5, 0.6) is 0 Å². The molecule has 1 heterocycles. The number of hydrogen-bond acceptors (Lipinski definition) is 5. The monoisotopic (exact) mass is 382 g/mol. The molecule has 1 aliphatic heterocycles. The van der Waals surface area contributed by atoms with E-state index in [0.717, 1.165) is 26.7 Å². The van der Waals surface area contributed by atoms with Crippen LogP contribution in [0.4, 0.5) is 0 Å². The summed E-state index contributed by atoms with van der Waals surface area (Å²) in [4.78, 5) is 17.0. The summed E-state index contributed by atoms with van der Waals surface area (Å²) in [5, 5.41) is 4.03. The van der Waals surface area contributed by atoms with E-state index in [1.165, 1.54) is 0 Å². The average molecular weight is 383 g/mol. The van der Waals surface area contributed by atoms with Crippen LogP contribution in [-0.4, -0.2) is 23.5 Å². The molecule has 0 bridgehead atoms. The quantitative estimate of drug-likeness (QED) is 0.798. The predicted octanol–water partition coefficient (Wildman–Crippen LogP) is 4.04. The number of rotatable bonds is 4. The molecule has 0 radical (unpaired) electrons. The molecule has 0 spiro atoms. The number of ether oxygens (including phenoxy) is 1. The van der Waals surface area contributed by atoms with Crippen LogP contribution in [-0.2, 0) is 9.53 Å². The van der Waals surface area contributed by atoms with Gasteiger partial charge in [0.05, 0.1) is 12.2 Å². The number of nitrogens with one attached hydrogen (secondary N) is 1. The molecule has 0 aromatic heterocycles. The Hall–Kier alpha value is -1.27. The molecule has 1 aliphatic rings. The first-order valence-corrected chi connectivity index (χ1v) is 8.95. The van der Waals surface area contributed by atoms with E-state index in [1.807, 2.05) is 31.2 Å². The average Bonchev–Trinajstić information content (AvgIpc) is 2.47. The third kappa shape index (κ3) is 3.93. The maximum Gasteiger partial charge on any atom is 0.338 e. The number of allylic oxidation sites excluding steroid dienone is 1. The van der Waals surface area contributed by atoms with Gasteiger partial charge in [-0.3, -0.25) is 0 Å². The lowest BCUT2D eigenvalue weighted by Gasteiger charge is -2.25. The number of esters is 1. The minimum Gasteiger partial charge on any atom is -0.463 e. The van der Waals surface area contributed by atoms with Crippen molar-refractivity contribution in [1.82, 2.24) is 5.32 Å². The lowest BCUT2D eigenvalue weighted by Crippen LogP contribution is -2.30. The smallest absolute Gasteiger partial charge is 0.338 e. The van der Waals surface area contributed by atoms with Crippen LogP contribution in [0.15, 0.2) is 45.0 Å². The molecule has 0 unspecified atom stereocenters. The lowest BCUT2D eigenvalue weighted by atomic mass is 9.97. The van der Waals surface area contributed by atoms with Crippen LogP contribution in [0.1, 0.15) is 32.4 Å². The highest BCUT2D eigenvalue weighted by Gasteiger charge is 2.30. The molecule has 118 valence electrons. The predicted molar refractivity (Wildman–Crippen MR) is 94.9 cm³/mol. The second kappa shape index (κ2) is 7.83. The Labute approximate surface area is 143 Å². The molecular weight excluding hydrogens is 364 g/mol. The second-order valence-corrected chi connectivity index (χ2v) is 6.88. The van der Waals surface area contributed by atoms with Crippen molar-refractivity contribution in [3.63, 3.8) is 0 Å². The molecule has 0 fully saturated rings. The Morgan fingerprint density at radius 2 is 2.23 bits per heavy atom. The number of thioether (sulfide) groups is 1. The normalized spacial score (nSPS) is 17.8. The van der Waals surface area contributed by atoms with Crippen LogP contribution >= 0.6 is 27.7 Å². The van der Waals surface area contributed by atoms with E-state index in [-0.39, 0.29) is 12.0 Å². The largest absolute Gasteiger partial charge is 0.463 e. The number of nitrogens with zero attached hydrogens (tertiary/aromatic N) is 1. The molecule has 0 saturated heterocycles. The van der Waals surface area contributed by atoms with Gasteiger partial charge in [0, 0.05) is 10.2 Å². The van der Waals surface area contributed by atoms with E-state index in [0.29, 0.717) is 12.2 Å². The van der Waals surface area contributed by atoms with Gasteiger partial charge >= 0.3 is 5.97 Å². The third-order valence-corrected chi connectivity index (χ3v) is 4.42.